The number of amides is 2. The number of nitrogens with zero attached hydrogens (tertiary/aromatic N) is 6. The van der Waals surface area contributed by atoms with E-state index in [1.165, 1.54) is 23.1 Å². The summed E-state index contributed by atoms with van der Waals surface area (Å²) in [7, 11) is 1.54. The molecule has 0 spiro atoms. The minimum absolute atomic E-state index is 0.0776. The molecule has 6 aromatic rings. The van der Waals surface area contributed by atoms with Crippen LogP contribution in [-0.4, -0.2) is 42.5 Å². The van der Waals surface area contributed by atoms with Gasteiger partial charge >= 0.3 is 12.2 Å². The number of alkyl halides is 3. The molecular formula is C29H21F3N8O3. The number of imidazole rings is 1. The molecule has 0 fully saturated rings. The number of fused-ring (bicyclic) bond motifs is 1. The highest BCUT2D eigenvalue weighted by molar-refractivity contribution is 6.01. The maximum Gasteiger partial charge on any atom is 0.416 e. The molecule has 4 aromatic heterocycles. The number of hydrogen-bond acceptors (Lipinski definition) is 7. The number of pyridine rings is 1. The first-order valence-corrected chi connectivity index (χ1v) is 12.7. The van der Waals surface area contributed by atoms with Gasteiger partial charge in [0.15, 0.2) is 5.65 Å². The van der Waals surface area contributed by atoms with Gasteiger partial charge in [-0.1, -0.05) is 0 Å². The Labute approximate surface area is 241 Å². The van der Waals surface area contributed by atoms with Gasteiger partial charge in [0.1, 0.15) is 5.75 Å². The van der Waals surface area contributed by atoms with E-state index in [1.807, 2.05) is 18.2 Å². The molecule has 216 valence electrons. The van der Waals surface area contributed by atoms with Gasteiger partial charge in [-0.25, -0.2) is 24.0 Å². The summed E-state index contributed by atoms with van der Waals surface area (Å²) in [5.74, 6) is 1.24. The van der Waals surface area contributed by atoms with E-state index in [0.717, 1.165) is 23.4 Å². The number of urea groups is 1. The van der Waals surface area contributed by atoms with Crippen molar-refractivity contribution >= 4 is 23.1 Å². The van der Waals surface area contributed by atoms with Crippen LogP contribution in [0.5, 0.6) is 17.5 Å². The highest BCUT2D eigenvalue weighted by Crippen LogP contribution is 2.33. The number of rotatable bonds is 7. The van der Waals surface area contributed by atoms with Crippen molar-refractivity contribution in [1.29, 1.82) is 0 Å². The molecule has 0 atom stereocenters. The molecule has 0 saturated carbocycles. The lowest BCUT2D eigenvalue weighted by Gasteiger charge is -2.15. The minimum Gasteiger partial charge on any atom is -0.480 e. The number of hydrogen-bond donors (Lipinski definition) is 2. The van der Waals surface area contributed by atoms with Crippen LogP contribution < -0.4 is 20.1 Å². The maximum atomic E-state index is 13.3. The highest BCUT2D eigenvalue weighted by atomic mass is 19.4. The van der Waals surface area contributed by atoms with E-state index in [1.54, 1.807) is 60.4 Å². The molecule has 2 aromatic carbocycles. The van der Waals surface area contributed by atoms with Crippen molar-refractivity contribution in [2.75, 3.05) is 17.7 Å². The fourth-order valence-corrected chi connectivity index (χ4v) is 4.20. The average Bonchev–Trinajstić information content (AvgIpc) is 3.68. The van der Waals surface area contributed by atoms with Crippen LogP contribution >= 0.6 is 0 Å². The van der Waals surface area contributed by atoms with Crippen molar-refractivity contribution in [3.8, 4) is 34.5 Å². The standard InChI is InChI=1S/C29H21F3N8O3/c1-42-27-12-10-25-33-17-24(40(25)38-27)18-3-7-21(8-4-18)43-26-11-6-20(16-34-26)36-28(41)37-22-15-19(29(30,31)32)5-9-23(22)39-14-2-13-35-39/h2-17H,1H3,(H2,36,37,41). The molecule has 6 rings (SSSR count). The monoisotopic (exact) mass is 586 g/mol. The van der Waals surface area contributed by atoms with E-state index in [0.29, 0.717) is 23.0 Å². The third-order valence-electron chi connectivity index (χ3n) is 6.24. The molecule has 0 radical (unpaired) electrons. The predicted octanol–water partition coefficient (Wildman–Crippen LogP) is 6.44. The van der Waals surface area contributed by atoms with Crippen LogP contribution in [0, 0.1) is 0 Å². The van der Waals surface area contributed by atoms with E-state index in [4.69, 9.17) is 9.47 Å². The van der Waals surface area contributed by atoms with Gasteiger partial charge in [0.2, 0.25) is 11.8 Å². The zero-order valence-electron chi connectivity index (χ0n) is 22.3. The van der Waals surface area contributed by atoms with Gasteiger partial charge in [-0.05, 0) is 60.7 Å². The summed E-state index contributed by atoms with van der Waals surface area (Å²) in [6.07, 6.45) is 1.51. The van der Waals surface area contributed by atoms with E-state index in [-0.39, 0.29) is 17.3 Å². The maximum absolute atomic E-state index is 13.3. The molecule has 43 heavy (non-hydrogen) atoms. The summed E-state index contributed by atoms with van der Waals surface area (Å²) in [5.41, 5.74) is 1.87. The Balaban J connectivity index is 1.12. The first-order chi connectivity index (χ1) is 20.8. The van der Waals surface area contributed by atoms with Crippen LogP contribution in [0.1, 0.15) is 5.56 Å². The highest BCUT2D eigenvalue weighted by Gasteiger charge is 2.31. The van der Waals surface area contributed by atoms with Gasteiger partial charge in [0.25, 0.3) is 0 Å². The largest absolute Gasteiger partial charge is 0.480 e. The van der Waals surface area contributed by atoms with Crippen molar-refractivity contribution in [2.45, 2.75) is 6.18 Å². The molecule has 2 amide bonds. The Bertz CT molecular complexity index is 1890. The average molecular weight is 587 g/mol. The van der Waals surface area contributed by atoms with Gasteiger partial charge in [-0.3, -0.25) is 0 Å². The van der Waals surface area contributed by atoms with Gasteiger partial charge < -0.3 is 20.1 Å². The zero-order valence-corrected chi connectivity index (χ0v) is 22.3. The topological polar surface area (TPSA) is 120 Å². The van der Waals surface area contributed by atoms with Crippen LogP contribution in [0.15, 0.2) is 97.6 Å². The smallest absolute Gasteiger partial charge is 0.416 e. The molecule has 0 bridgehead atoms. The quantitative estimate of drug-likeness (QED) is 0.221. The van der Waals surface area contributed by atoms with Crippen LogP contribution in [-0.2, 0) is 6.18 Å². The number of carbonyl (C=O) groups excluding carboxylic acids is 1. The lowest BCUT2D eigenvalue weighted by Crippen LogP contribution is -2.21. The van der Waals surface area contributed by atoms with E-state index >= 15 is 0 Å². The number of ether oxygens (including phenoxy) is 2. The lowest BCUT2D eigenvalue weighted by molar-refractivity contribution is -0.137. The van der Waals surface area contributed by atoms with E-state index in [2.05, 4.69) is 30.8 Å². The SMILES string of the molecule is COc1ccc2ncc(-c3ccc(Oc4ccc(NC(=O)Nc5cc(C(F)(F)F)ccc5-n5cccn5)cn4)cc3)n2n1. The molecule has 0 aliphatic heterocycles. The first-order valence-electron chi connectivity index (χ1n) is 12.7. The fraction of sp³-hybridized carbons (Fsp3) is 0.0690. The third kappa shape index (κ3) is 5.93. The Kier molecular flexibility index (Phi) is 7.07. The van der Waals surface area contributed by atoms with Crippen LogP contribution in [0.4, 0.5) is 29.3 Å². The second-order valence-corrected chi connectivity index (χ2v) is 9.06. The van der Waals surface area contributed by atoms with E-state index < -0.39 is 17.8 Å². The molecule has 0 aliphatic rings. The summed E-state index contributed by atoms with van der Waals surface area (Å²) in [6.45, 7) is 0. The van der Waals surface area contributed by atoms with Crippen molar-refractivity contribution in [3.05, 3.63) is 103 Å². The second-order valence-electron chi connectivity index (χ2n) is 9.06. The molecule has 11 nitrogen and oxygen atoms in total. The zero-order chi connectivity index (χ0) is 30.0. The Morgan fingerprint density at radius 1 is 0.907 bits per heavy atom. The predicted molar refractivity (Wildman–Crippen MR) is 150 cm³/mol. The molecular weight excluding hydrogens is 565 g/mol. The minimum atomic E-state index is -4.59. The number of anilines is 2. The number of nitrogens with one attached hydrogen (secondary N) is 2. The summed E-state index contributed by atoms with van der Waals surface area (Å²) >= 11 is 0. The summed E-state index contributed by atoms with van der Waals surface area (Å²) < 4.78 is 54.0. The van der Waals surface area contributed by atoms with Crippen LogP contribution in [0.25, 0.3) is 22.6 Å². The van der Waals surface area contributed by atoms with Gasteiger partial charge in [-0.2, -0.15) is 18.3 Å². The normalized spacial score (nSPS) is 11.3. The Morgan fingerprint density at radius 2 is 1.72 bits per heavy atom. The van der Waals surface area contributed by atoms with Crippen LogP contribution in [0.2, 0.25) is 0 Å². The summed E-state index contributed by atoms with van der Waals surface area (Å²) in [5, 5.41) is 13.5. The first kappa shape index (κ1) is 27.3. The van der Waals surface area contributed by atoms with Gasteiger partial charge in [0.05, 0.1) is 47.8 Å². The van der Waals surface area contributed by atoms with Crippen LogP contribution in [0.3, 0.4) is 0 Å². The number of carbonyl (C=O) groups is 1. The molecule has 4 heterocycles. The molecule has 14 heteroatoms. The van der Waals surface area contributed by atoms with Crippen molar-refractivity contribution in [2.24, 2.45) is 0 Å². The number of aromatic nitrogens is 6. The van der Waals surface area contributed by atoms with Crippen molar-refractivity contribution in [3.63, 3.8) is 0 Å². The molecule has 2 N–H and O–H groups in total. The van der Waals surface area contributed by atoms with Gasteiger partial charge in [0, 0.05) is 30.1 Å². The second kappa shape index (κ2) is 11.2. The van der Waals surface area contributed by atoms with Crippen molar-refractivity contribution in [1.82, 2.24) is 29.4 Å². The summed E-state index contributed by atoms with van der Waals surface area (Å²) in [6, 6.07) is 17.7. The Morgan fingerprint density at radius 3 is 2.42 bits per heavy atom. The van der Waals surface area contributed by atoms with E-state index in [9.17, 15) is 18.0 Å². The third-order valence-corrected chi connectivity index (χ3v) is 6.24. The van der Waals surface area contributed by atoms with Gasteiger partial charge in [-0.15, -0.1) is 5.10 Å². The Hall–Kier alpha value is -5.92. The summed E-state index contributed by atoms with van der Waals surface area (Å²) in [4.78, 5) is 21.2. The number of benzene rings is 2. The molecule has 0 unspecified atom stereocenters. The fourth-order valence-electron chi connectivity index (χ4n) is 4.20. The number of halogens is 3. The lowest BCUT2D eigenvalue weighted by atomic mass is 10.1. The van der Waals surface area contributed by atoms with Crippen molar-refractivity contribution < 1.29 is 27.4 Å². The molecule has 0 aliphatic carbocycles. The molecule has 0 saturated heterocycles. The number of methoxy groups -OCH3 is 1.